The molecule has 4 unspecified atom stereocenters. The average Bonchev–Trinajstić information content (AvgIpc) is 2.79. The molecule has 3 amide bonds. The largest absolute Gasteiger partial charge is 0.508 e. The van der Waals surface area contributed by atoms with Gasteiger partial charge in [-0.1, -0.05) is 32.4 Å². The molecule has 0 bridgehead atoms. The van der Waals surface area contributed by atoms with Crippen molar-refractivity contribution in [3.8, 4) is 5.75 Å². The lowest BCUT2D eigenvalue weighted by Crippen LogP contribution is -2.54. The number of hydrogen-bond acceptors (Lipinski definition) is 7. The molecule has 0 fully saturated rings. The molecule has 0 aliphatic heterocycles. The van der Waals surface area contributed by atoms with Crippen molar-refractivity contribution in [2.24, 2.45) is 11.7 Å². The molecule has 11 heteroatoms. The Morgan fingerprint density at radius 3 is 2.27 bits per heavy atom. The highest BCUT2D eigenvalue weighted by Crippen LogP contribution is 2.12. The van der Waals surface area contributed by atoms with Crippen LogP contribution in [0.25, 0.3) is 0 Å². The van der Waals surface area contributed by atoms with Gasteiger partial charge in [-0.3, -0.25) is 14.4 Å². The van der Waals surface area contributed by atoms with Crippen LogP contribution in [0, 0.1) is 5.92 Å². The summed E-state index contributed by atoms with van der Waals surface area (Å²) in [6.45, 7) is 3.08. The van der Waals surface area contributed by atoms with E-state index in [2.05, 4.69) is 16.0 Å². The van der Waals surface area contributed by atoms with E-state index in [4.69, 9.17) is 5.73 Å². The number of amides is 3. The highest BCUT2D eigenvalue weighted by Gasteiger charge is 2.27. The number of nitrogens with two attached hydrogens (primary N) is 1. The van der Waals surface area contributed by atoms with Crippen molar-refractivity contribution in [1.82, 2.24) is 16.0 Å². The van der Waals surface area contributed by atoms with E-state index in [1.165, 1.54) is 12.1 Å². The number of aliphatic carboxylic acids is 1. The highest BCUT2D eigenvalue weighted by molar-refractivity contribution is 7.98. The molecule has 0 aliphatic rings. The first-order chi connectivity index (χ1) is 15.6. The van der Waals surface area contributed by atoms with E-state index < -0.39 is 48.4 Å². The smallest absolute Gasteiger partial charge is 0.326 e. The molecule has 184 valence electrons. The van der Waals surface area contributed by atoms with E-state index >= 15 is 0 Å². The van der Waals surface area contributed by atoms with Crippen LogP contribution < -0.4 is 21.7 Å². The van der Waals surface area contributed by atoms with Crippen molar-refractivity contribution in [3.05, 3.63) is 29.8 Å². The van der Waals surface area contributed by atoms with Gasteiger partial charge in [-0.05, 0) is 42.0 Å². The molecule has 0 saturated carbocycles. The van der Waals surface area contributed by atoms with Gasteiger partial charge < -0.3 is 31.9 Å². The number of carbonyl (C=O) groups excluding carboxylic acids is 3. The van der Waals surface area contributed by atoms with Gasteiger partial charge in [0, 0.05) is 6.42 Å². The molecule has 4 atom stereocenters. The van der Waals surface area contributed by atoms with E-state index in [1.54, 1.807) is 30.8 Å². The van der Waals surface area contributed by atoms with E-state index in [1.807, 2.05) is 13.2 Å². The lowest BCUT2D eigenvalue weighted by molar-refractivity contribution is -0.143. The fourth-order valence-corrected chi connectivity index (χ4v) is 3.42. The zero-order valence-electron chi connectivity index (χ0n) is 19.2. The summed E-state index contributed by atoms with van der Waals surface area (Å²) in [5.74, 6) is -2.44. The van der Waals surface area contributed by atoms with Crippen molar-refractivity contribution >= 4 is 35.5 Å². The van der Waals surface area contributed by atoms with E-state index in [9.17, 15) is 29.4 Å². The second-order valence-electron chi connectivity index (χ2n) is 7.81. The van der Waals surface area contributed by atoms with Gasteiger partial charge in [0.2, 0.25) is 17.7 Å². The van der Waals surface area contributed by atoms with Gasteiger partial charge in [0.05, 0.1) is 12.6 Å². The Morgan fingerprint density at radius 1 is 1.09 bits per heavy atom. The van der Waals surface area contributed by atoms with Gasteiger partial charge in [0.15, 0.2) is 0 Å². The van der Waals surface area contributed by atoms with Crippen LogP contribution in [0.2, 0.25) is 0 Å². The number of carboxylic acids is 1. The van der Waals surface area contributed by atoms with Crippen molar-refractivity contribution in [1.29, 1.82) is 0 Å². The van der Waals surface area contributed by atoms with Crippen molar-refractivity contribution in [2.75, 3.05) is 18.6 Å². The summed E-state index contributed by atoms with van der Waals surface area (Å²) in [6.07, 6.45) is 3.00. The average molecular weight is 483 g/mol. The fourth-order valence-electron chi connectivity index (χ4n) is 2.93. The highest BCUT2D eigenvalue weighted by atomic mass is 32.2. The van der Waals surface area contributed by atoms with Crippen LogP contribution in [0.4, 0.5) is 0 Å². The maximum Gasteiger partial charge on any atom is 0.326 e. The van der Waals surface area contributed by atoms with E-state index in [0.29, 0.717) is 24.2 Å². The molecule has 0 aliphatic carbocycles. The maximum atomic E-state index is 12.8. The van der Waals surface area contributed by atoms with Crippen molar-refractivity contribution < 1.29 is 29.4 Å². The zero-order valence-corrected chi connectivity index (χ0v) is 20.0. The molecule has 1 rings (SSSR count). The van der Waals surface area contributed by atoms with Gasteiger partial charge in [-0.15, -0.1) is 0 Å². The minimum Gasteiger partial charge on any atom is -0.508 e. The first kappa shape index (κ1) is 28.2. The van der Waals surface area contributed by atoms with Gasteiger partial charge in [-0.2, -0.15) is 11.8 Å². The van der Waals surface area contributed by atoms with Crippen LogP contribution in [0.3, 0.4) is 0 Å². The number of carboxylic acid groups (broad SMARTS) is 1. The second-order valence-corrected chi connectivity index (χ2v) is 8.79. The first-order valence-electron chi connectivity index (χ1n) is 10.7. The predicted octanol–water partition coefficient (Wildman–Crippen LogP) is 0.232. The number of rotatable bonds is 14. The summed E-state index contributed by atoms with van der Waals surface area (Å²) in [6, 6.07) is 3.29. The fraction of sp³-hybridized carbons (Fsp3) is 0.545. The topological polar surface area (TPSA) is 171 Å². The molecule has 0 aromatic heterocycles. The van der Waals surface area contributed by atoms with Crippen LogP contribution in [0.15, 0.2) is 24.3 Å². The summed E-state index contributed by atoms with van der Waals surface area (Å²) < 4.78 is 0. The van der Waals surface area contributed by atoms with Gasteiger partial charge in [0.25, 0.3) is 0 Å². The van der Waals surface area contributed by atoms with Crippen molar-refractivity contribution in [3.63, 3.8) is 0 Å². The van der Waals surface area contributed by atoms with Crippen LogP contribution >= 0.6 is 11.8 Å². The molecule has 0 radical (unpaired) electrons. The molecule has 0 heterocycles. The molecule has 10 nitrogen and oxygen atoms in total. The van der Waals surface area contributed by atoms with Crippen LogP contribution in [0.5, 0.6) is 5.75 Å². The Morgan fingerprint density at radius 2 is 1.73 bits per heavy atom. The third kappa shape index (κ3) is 10.1. The summed E-state index contributed by atoms with van der Waals surface area (Å²) in [4.78, 5) is 48.9. The number of aromatic hydroxyl groups is 1. The quantitative estimate of drug-likeness (QED) is 0.219. The Hall–Kier alpha value is -2.79. The van der Waals surface area contributed by atoms with Crippen molar-refractivity contribution in [2.45, 2.75) is 51.2 Å². The molecule has 7 N–H and O–H groups in total. The zero-order chi connectivity index (χ0) is 25.0. The number of thioether (sulfide) groups is 1. The Kier molecular flexibility index (Phi) is 12.3. The lowest BCUT2D eigenvalue weighted by Gasteiger charge is -2.22. The summed E-state index contributed by atoms with van der Waals surface area (Å²) in [7, 11) is 0. The summed E-state index contributed by atoms with van der Waals surface area (Å²) >= 11 is 1.55. The number of nitrogens with one attached hydrogen (secondary N) is 3. The molecular formula is C22H34N4O6S. The Labute approximate surface area is 198 Å². The lowest BCUT2D eigenvalue weighted by atomic mass is 9.99. The second kappa shape index (κ2) is 14.4. The molecule has 0 spiro atoms. The van der Waals surface area contributed by atoms with Gasteiger partial charge >= 0.3 is 5.97 Å². The third-order valence-electron chi connectivity index (χ3n) is 5.20. The van der Waals surface area contributed by atoms with Gasteiger partial charge in [0.1, 0.15) is 17.8 Å². The van der Waals surface area contributed by atoms with Crippen LogP contribution in [-0.2, 0) is 25.6 Å². The minimum atomic E-state index is -1.15. The monoisotopic (exact) mass is 482 g/mol. The Balaban J connectivity index is 2.83. The summed E-state index contributed by atoms with van der Waals surface area (Å²) in [5, 5.41) is 26.2. The summed E-state index contributed by atoms with van der Waals surface area (Å²) in [5.41, 5.74) is 6.58. The number of phenolic OH excluding ortho intramolecular Hbond substituents is 1. The van der Waals surface area contributed by atoms with Crippen LogP contribution in [-0.4, -0.2) is 70.6 Å². The maximum absolute atomic E-state index is 12.8. The first-order valence-corrected chi connectivity index (χ1v) is 12.1. The number of benzene rings is 1. The SMILES string of the molecule is CCC(C)C(NC(=O)CNC(=O)C(Cc1ccc(O)cc1)NC(=O)C(N)CCSC)C(=O)O. The molecule has 0 saturated heterocycles. The molecule has 33 heavy (non-hydrogen) atoms. The molecule has 1 aromatic carbocycles. The predicted molar refractivity (Wildman–Crippen MR) is 127 cm³/mol. The van der Waals surface area contributed by atoms with Gasteiger partial charge in [-0.25, -0.2) is 4.79 Å². The normalized spacial score (nSPS) is 14.4. The van der Waals surface area contributed by atoms with E-state index in [-0.39, 0.29) is 18.1 Å². The van der Waals surface area contributed by atoms with E-state index in [0.717, 1.165) is 0 Å². The molecule has 1 aromatic rings. The Bertz CT molecular complexity index is 805. The number of hydrogen-bond donors (Lipinski definition) is 6. The minimum absolute atomic E-state index is 0.0637. The van der Waals surface area contributed by atoms with Crippen LogP contribution in [0.1, 0.15) is 32.3 Å². The third-order valence-corrected chi connectivity index (χ3v) is 5.84. The molecular weight excluding hydrogens is 448 g/mol. The number of phenols is 1. The standard InChI is InChI=1S/C22H34N4O6S/c1-4-13(2)19(22(31)32)26-18(28)12-24-21(30)17(11-14-5-7-15(27)8-6-14)25-20(29)16(23)9-10-33-3/h5-8,13,16-17,19,27H,4,9-12,23H2,1-3H3,(H,24,30)(H,25,29)(H,26,28)(H,31,32). The number of carbonyl (C=O) groups is 4.